The van der Waals surface area contributed by atoms with Crippen LogP contribution >= 0.6 is 0 Å². The van der Waals surface area contributed by atoms with Gasteiger partial charge in [-0.1, -0.05) is 182 Å². The van der Waals surface area contributed by atoms with E-state index in [1.165, 1.54) is 82.8 Å². The number of benzene rings is 7. The maximum Gasteiger partial charge on any atom is 0.0158 e. The lowest BCUT2D eigenvalue weighted by Gasteiger charge is -2.44. The number of allylic oxidation sites excluding steroid dienone is 2. The molecule has 0 aliphatic heterocycles. The highest BCUT2D eigenvalue weighted by molar-refractivity contribution is 6.01. The number of rotatable bonds is 5. The van der Waals surface area contributed by atoms with E-state index in [-0.39, 0.29) is 17.3 Å². The number of hydrogen-bond donors (Lipinski definition) is 0. The van der Waals surface area contributed by atoms with Crippen LogP contribution in [0.1, 0.15) is 60.4 Å². The van der Waals surface area contributed by atoms with Crippen LogP contribution in [0.2, 0.25) is 0 Å². The van der Waals surface area contributed by atoms with Crippen molar-refractivity contribution in [3.05, 3.63) is 191 Å². The average Bonchev–Trinajstić information content (AvgIpc) is 3.67. The first kappa shape index (κ1) is 28.7. The SMILES string of the molecule is CC1=Cc2c(-c3cccc4ccccc34)cccc2C1C(C)(c1ccccc1)C1C(C)=Cc2c(-c3cccc4ccccc34)cccc21. The molecular formula is C48H38. The molecule has 0 spiro atoms. The predicted octanol–water partition coefficient (Wildman–Crippen LogP) is 13.0. The summed E-state index contributed by atoms with van der Waals surface area (Å²) in [4.78, 5) is 0. The Hall–Kier alpha value is -5.46. The molecule has 0 heterocycles. The maximum absolute atomic E-state index is 2.53. The molecule has 0 radical (unpaired) electrons. The molecule has 2 unspecified atom stereocenters. The van der Waals surface area contributed by atoms with Gasteiger partial charge in [0.15, 0.2) is 0 Å². The average molecular weight is 615 g/mol. The lowest BCUT2D eigenvalue weighted by Crippen LogP contribution is -2.37. The smallest absolute Gasteiger partial charge is 0.0158 e. The lowest BCUT2D eigenvalue weighted by molar-refractivity contribution is 0.366. The van der Waals surface area contributed by atoms with Gasteiger partial charge in [-0.25, -0.2) is 0 Å². The van der Waals surface area contributed by atoms with Crippen LogP contribution in [0, 0.1) is 0 Å². The van der Waals surface area contributed by atoms with E-state index >= 15 is 0 Å². The van der Waals surface area contributed by atoms with E-state index in [9.17, 15) is 0 Å². The molecule has 0 saturated carbocycles. The fourth-order valence-electron chi connectivity index (χ4n) is 9.38. The molecule has 9 rings (SSSR count). The van der Waals surface area contributed by atoms with Crippen molar-refractivity contribution in [2.45, 2.75) is 38.0 Å². The van der Waals surface area contributed by atoms with Gasteiger partial charge in [-0.2, -0.15) is 0 Å². The van der Waals surface area contributed by atoms with Crippen LogP contribution in [0.5, 0.6) is 0 Å². The highest BCUT2D eigenvalue weighted by Crippen LogP contribution is 2.61. The molecular weight excluding hydrogens is 577 g/mol. The van der Waals surface area contributed by atoms with Crippen LogP contribution in [-0.2, 0) is 5.41 Å². The third-order valence-electron chi connectivity index (χ3n) is 11.3. The van der Waals surface area contributed by atoms with Crippen molar-refractivity contribution in [3.8, 4) is 22.3 Å². The molecule has 0 bridgehead atoms. The van der Waals surface area contributed by atoms with E-state index < -0.39 is 0 Å². The topological polar surface area (TPSA) is 0 Å². The largest absolute Gasteiger partial charge is 0.0643 e. The fraction of sp³-hybridized carbons (Fsp3) is 0.125. The van der Waals surface area contributed by atoms with E-state index in [0.29, 0.717) is 0 Å². The van der Waals surface area contributed by atoms with E-state index in [1.807, 2.05) is 0 Å². The van der Waals surface area contributed by atoms with Crippen LogP contribution in [0.25, 0.3) is 56.0 Å². The summed E-state index contributed by atoms with van der Waals surface area (Å²) >= 11 is 0. The molecule has 2 aliphatic rings. The Morgan fingerprint density at radius 1 is 0.396 bits per heavy atom. The molecule has 2 atom stereocenters. The normalized spacial score (nSPS) is 17.9. The van der Waals surface area contributed by atoms with Gasteiger partial charge in [0.25, 0.3) is 0 Å². The van der Waals surface area contributed by atoms with Gasteiger partial charge in [-0.3, -0.25) is 0 Å². The Bertz CT molecular complexity index is 2280. The zero-order valence-corrected chi connectivity index (χ0v) is 27.7. The van der Waals surface area contributed by atoms with Gasteiger partial charge < -0.3 is 0 Å². The molecule has 230 valence electrons. The summed E-state index contributed by atoms with van der Waals surface area (Å²) in [6.07, 6.45) is 4.97. The second-order valence-electron chi connectivity index (χ2n) is 14.0. The molecule has 2 aliphatic carbocycles. The Balaban J connectivity index is 1.25. The highest BCUT2D eigenvalue weighted by atomic mass is 14.5. The summed E-state index contributed by atoms with van der Waals surface area (Å²) in [5, 5.41) is 5.17. The molecule has 0 saturated heterocycles. The third kappa shape index (κ3) is 4.22. The van der Waals surface area contributed by atoms with Gasteiger partial charge >= 0.3 is 0 Å². The van der Waals surface area contributed by atoms with Crippen LogP contribution in [-0.4, -0.2) is 0 Å². The lowest BCUT2D eigenvalue weighted by atomic mass is 9.58. The Kier molecular flexibility index (Phi) is 6.63. The minimum atomic E-state index is -0.228. The molecule has 0 N–H and O–H groups in total. The summed E-state index contributed by atoms with van der Waals surface area (Å²) in [6, 6.07) is 56.3. The summed E-state index contributed by atoms with van der Waals surface area (Å²) < 4.78 is 0. The van der Waals surface area contributed by atoms with Crippen molar-refractivity contribution >= 4 is 33.7 Å². The van der Waals surface area contributed by atoms with Gasteiger partial charge in [-0.05, 0) is 85.5 Å². The van der Waals surface area contributed by atoms with E-state index in [1.54, 1.807) is 0 Å². The Labute approximate surface area is 283 Å². The number of hydrogen-bond acceptors (Lipinski definition) is 0. The van der Waals surface area contributed by atoms with Crippen molar-refractivity contribution in [2.75, 3.05) is 0 Å². The van der Waals surface area contributed by atoms with Crippen molar-refractivity contribution in [3.63, 3.8) is 0 Å². The minimum absolute atomic E-state index is 0.213. The molecule has 7 aromatic rings. The quantitative estimate of drug-likeness (QED) is 0.181. The molecule has 48 heavy (non-hydrogen) atoms. The zero-order chi connectivity index (χ0) is 32.4. The molecule has 0 nitrogen and oxygen atoms in total. The first-order valence-corrected chi connectivity index (χ1v) is 17.2. The predicted molar refractivity (Wildman–Crippen MR) is 205 cm³/mol. The third-order valence-corrected chi connectivity index (χ3v) is 11.3. The van der Waals surface area contributed by atoms with Crippen molar-refractivity contribution in [1.82, 2.24) is 0 Å². The van der Waals surface area contributed by atoms with E-state index in [4.69, 9.17) is 0 Å². The fourth-order valence-corrected chi connectivity index (χ4v) is 9.38. The first-order valence-electron chi connectivity index (χ1n) is 17.2. The summed E-state index contributed by atoms with van der Waals surface area (Å²) in [5.74, 6) is 0.427. The number of fused-ring (bicyclic) bond motifs is 4. The van der Waals surface area contributed by atoms with E-state index in [2.05, 4.69) is 185 Å². The maximum atomic E-state index is 2.53. The van der Waals surface area contributed by atoms with Gasteiger partial charge in [0.1, 0.15) is 0 Å². The van der Waals surface area contributed by atoms with Crippen molar-refractivity contribution in [2.24, 2.45) is 0 Å². The first-order chi connectivity index (χ1) is 23.5. The summed E-state index contributed by atoms with van der Waals surface area (Å²) in [5.41, 5.74) is 14.8. The standard InChI is InChI=1S/C48H38/c1-31-29-44-40(38-23-11-17-33-15-7-9-21-36(33)38)25-13-27-42(44)46(31)48(3,35-19-5-4-6-20-35)47-32(2)30-45-41(26-14-28-43(45)47)39-24-12-18-34-16-8-10-22-37(34)39/h4-30,46-47H,1-3H3. The Morgan fingerprint density at radius 2 is 0.792 bits per heavy atom. The molecule has 7 aromatic carbocycles. The molecule has 0 amide bonds. The van der Waals surface area contributed by atoms with Crippen LogP contribution in [0.3, 0.4) is 0 Å². The second kappa shape index (κ2) is 11.1. The van der Waals surface area contributed by atoms with E-state index in [0.717, 1.165) is 0 Å². The highest BCUT2D eigenvalue weighted by Gasteiger charge is 2.49. The Morgan fingerprint density at radius 3 is 1.29 bits per heavy atom. The van der Waals surface area contributed by atoms with Gasteiger partial charge in [0, 0.05) is 17.3 Å². The van der Waals surface area contributed by atoms with Crippen molar-refractivity contribution < 1.29 is 0 Å². The second-order valence-corrected chi connectivity index (χ2v) is 14.0. The molecule has 0 aromatic heterocycles. The molecule has 0 fully saturated rings. The zero-order valence-electron chi connectivity index (χ0n) is 27.7. The van der Waals surface area contributed by atoms with Gasteiger partial charge in [0.2, 0.25) is 0 Å². The van der Waals surface area contributed by atoms with Crippen LogP contribution < -0.4 is 0 Å². The van der Waals surface area contributed by atoms with Crippen LogP contribution in [0.4, 0.5) is 0 Å². The van der Waals surface area contributed by atoms with Crippen molar-refractivity contribution in [1.29, 1.82) is 0 Å². The van der Waals surface area contributed by atoms with Gasteiger partial charge in [-0.15, -0.1) is 0 Å². The summed E-state index contributed by atoms with van der Waals surface area (Å²) in [7, 11) is 0. The van der Waals surface area contributed by atoms with Crippen LogP contribution in [0.15, 0.2) is 163 Å². The minimum Gasteiger partial charge on any atom is -0.0643 e. The monoisotopic (exact) mass is 614 g/mol. The van der Waals surface area contributed by atoms with Gasteiger partial charge in [0.05, 0.1) is 0 Å². The summed E-state index contributed by atoms with van der Waals surface area (Å²) in [6.45, 7) is 7.26. The molecule has 0 heteroatoms.